The highest BCUT2D eigenvalue weighted by Gasteiger charge is 2.20. The molecule has 0 aliphatic rings. The predicted octanol–water partition coefficient (Wildman–Crippen LogP) is 2.41. The van der Waals surface area contributed by atoms with E-state index in [0.717, 1.165) is 11.1 Å². The van der Waals surface area contributed by atoms with Gasteiger partial charge in [0.15, 0.2) is 0 Å². The number of amides is 2. The molecule has 0 aliphatic heterocycles. The largest absolute Gasteiger partial charge is 0.346 e. The van der Waals surface area contributed by atoms with Gasteiger partial charge < -0.3 is 16.4 Å². The molecule has 2 aromatic rings. The summed E-state index contributed by atoms with van der Waals surface area (Å²) in [5, 5.41) is 5.57. The number of hydrogen-bond acceptors (Lipinski definition) is 3. The van der Waals surface area contributed by atoms with Gasteiger partial charge in [-0.25, -0.2) is 0 Å². The van der Waals surface area contributed by atoms with Crippen LogP contribution in [0.15, 0.2) is 60.7 Å². The molecule has 0 heterocycles. The minimum Gasteiger partial charge on any atom is -0.346 e. The van der Waals surface area contributed by atoms with Crippen LogP contribution in [-0.4, -0.2) is 24.4 Å². The fourth-order valence-corrected chi connectivity index (χ4v) is 2.45. The molecule has 2 rings (SSSR count). The third-order valence-corrected chi connectivity index (χ3v) is 4.02. The molecular weight excluding hydrogens is 350 g/mol. The Labute approximate surface area is 160 Å². The molecule has 1 atom stereocenters. The van der Waals surface area contributed by atoms with E-state index >= 15 is 0 Å². The summed E-state index contributed by atoms with van der Waals surface area (Å²) in [5.41, 5.74) is 7.74. The van der Waals surface area contributed by atoms with Crippen molar-refractivity contribution in [1.29, 1.82) is 0 Å². The van der Waals surface area contributed by atoms with Crippen molar-refractivity contribution in [2.45, 2.75) is 25.9 Å². The van der Waals surface area contributed by atoms with Gasteiger partial charge in [0.2, 0.25) is 11.8 Å². The number of carbonyl (C=O) groups excluding carboxylic acids is 2. The summed E-state index contributed by atoms with van der Waals surface area (Å²) < 4.78 is 0. The first kappa shape index (κ1) is 21.7. The van der Waals surface area contributed by atoms with E-state index in [9.17, 15) is 9.59 Å². The van der Waals surface area contributed by atoms with Gasteiger partial charge in [-0.1, -0.05) is 74.5 Å². The van der Waals surface area contributed by atoms with Crippen LogP contribution in [0.4, 0.5) is 0 Å². The number of nitrogens with two attached hydrogens (primary N) is 1. The molecule has 0 bridgehead atoms. The Morgan fingerprint density at radius 1 is 0.923 bits per heavy atom. The maximum atomic E-state index is 12.3. The van der Waals surface area contributed by atoms with E-state index in [4.69, 9.17) is 5.73 Å². The summed E-state index contributed by atoms with van der Waals surface area (Å²) >= 11 is 0. The lowest BCUT2D eigenvalue weighted by Gasteiger charge is -2.21. The van der Waals surface area contributed by atoms with E-state index < -0.39 is 6.04 Å². The minimum absolute atomic E-state index is 0. The van der Waals surface area contributed by atoms with E-state index in [2.05, 4.69) is 10.6 Å². The number of nitrogens with one attached hydrogen (secondary N) is 2. The summed E-state index contributed by atoms with van der Waals surface area (Å²) in [6.45, 7) is 3.63. The van der Waals surface area contributed by atoms with Crippen LogP contribution in [0.2, 0.25) is 0 Å². The van der Waals surface area contributed by atoms with Crippen LogP contribution in [0.1, 0.15) is 31.0 Å². The lowest BCUT2D eigenvalue weighted by Crippen LogP contribution is -2.47. The van der Waals surface area contributed by atoms with Crippen molar-refractivity contribution >= 4 is 24.2 Å². The van der Waals surface area contributed by atoms with Gasteiger partial charge in [0.1, 0.15) is 0 Å². The van der Waals surface area contributed by atoms with Crippen molar-refractivity contribution < 1.29 is 9.59 Å². The molecule has 26 heavy (non-hydrogen) atoms. The molecule has 0 aliphatic carbocycles. The minimum atomic E-state index is -0.619. The summed E-state index contributed by atoms with van der Waals surface area (Å²) in [6.07, 6.45) is 0. The molecule has 2 amide bonds. The Morgan fingerprint density at radius 3 is 1.81 bits per heavy atom. The maximum absolute atomic E-state index is 12.3. The SMILES string of the molecule is CC(C)[C@H](N)C(=O)NCC(=O)NC(c1ccccc1)c1ccccc1.Cl. The van der Waals surface area contributed by atoms with E-state index in [1.165, 1.54) is 0 Å². The highest BCUT2D eigenvalue weighted by molar-refractivity contribution is 5.87. The van der Waals surface area contributed by atoms with Crippen molar-refractivity contribution in [2.24, 2.45) is 11.7 Å². The second-order valence-electron chi connectivity index (χ2n) is 6.31. The van der Waals surface area contributed by atoms with E-state index in [1.54, 1.807) is 0 Å². The summed E-state index contributed by atoms with van der Waals surface area (Å²) in [6, 6.07) is 18.6. The average molecular weight is 376 g/mol. The second-order valence-corrected chi connectivity index (χ2v) is 6.31. The first-order valence-electron chi connectivity index (χ1n) is 8.41. The van der Waals surface area contributed by atoms with E-state index in [1.807, 2.05) is 74.5 Å². The summed E-state index contributed by atoms with van der Waals surface area (Å²) in [7, 11) is 0. The van der Waals surface area contributed by atoms with Gasteiger partial charge in [0.25, 0.3) is 0 Å². The number of halogens is 1. The lowest BCUT2D eigenvalue weighted by molar-refractivity contribution is -0.127. The van der Waals surface area contributed by atoms with Gasteiger partial charge in [-0.3, -0.25) is 9.59 Å². The summed E-state index contributed by atoms with van der Waals surface area (Å²) in [5.74, 6) is -0.562. The van der Waals surface area contributed by atoms with Crippen LogP contribution in [0.5, 0.6) is 0 Å². The Kier molecular flexibility index (Phi) is 8.82. The van der Waals surface area contributed by atoms with Crippen molar-refractivity contribution in [2.75, 3.05) is 6.54 Å². The Balaban J connectivity index is 0.00000338. The topological polar surface area (TPSA) is 84.2 Å². The fourth-order valence-electron chi connectivity index (χ4n) is 2.45. The first-order chi connectivity index (χ1) is 12.0. The molecule has 0 aromatic heterocycles. The lowest BCUT2D eigenvalue weighted by atomic mass is 9.99. The first-order valence-corrected chi connectivity index (χ1v) is 8.41. The number of carbonyl (C=O) groups is 2. The highest BCUT2D eigenvalue weighted by Crippen LogP contribution is 2.21. The van der Waals surface area contributed by atoms with Crippen molar-refractivity contribution in [3.63, 3.8) is 0 Å². The molecule has 4 N–H and O–H groups in total. The highest BCUT2D eigenvalue weighted by atomic mass is 35.5. The monoisotopic (exact) mass is 375 g/mol. The van der Waals surface area contributed by atoms with Gasteiger partial charge in [0.05, 0.1) is 18.6 Å². The number of rotatable bonds is 7. The Hall–Kier alpha value is -2.37. The third-order valence-electron chi connectivity index (χ3n) is 4.02. The normalized spacial score (nSPS) is 11.6. The van der Waals surface area contributed by atoms with Crippen LogP contribution in [0, 0.1) is 5.92 Å². The molecule has 0 spiro atoms. The number of hydrogen-bond donors (Lipinski definition) is 3. The zero-order valence-corrected chi connectivity index (χ0v) is 15.8. The van der Waals surface area contributed by atoms with E-state index in [0.29, 0.717) is 0 Å². The molecule has 0 fully saturated rings. The van der Waals surface area contributed by atoms with Crippen LogP contribution in [-0.2, 0) is 9.59 Å². The summed E-state index contributed by atoms with van der Waals surface area (Å²) in [4.78, 5) is 24.2. The molecule has 2 aromatic carbocycles. The van der Waals surface area contributed by atoms with Crippen LogP contribution >= 0.6 is 12.4 Å². The van der Waals surface area contributed by atoms with Gasteiger partial charge in [-0.2, -0.15) is 0 Å². The molecule has 0 unspecified atom stereocenters. The van der Waals surface area contributed by atoms with Gasteiger partial charge in [-0.05, 0) is 17.0 Å². The van der Waals surface area contributed by atoms with Crippen molar-refractivity contribution in [1.82, 2.24) is 10.6 Å². The van der Waals surface area contributed by atoms with Crippen molar-refractivity contribution in [3.8, 4) is 0 Å². The number of benzene rings is 2. The molecule has 6 heteroatoms. The molecule has 5 nitrogen and oxygen atoms in total. The Bertz CT molecular complexity index is 653. The fraction of sp³-hybridized carbons (Fsp3) is 0.300. The van der Waals surface area contributed by atoms with Crippen molar-refractivity contribution in [3.05, 3.63) is 71.8 Å². The van der Waals surface area contributed by atoms with Gasteiger partial charge in [0, 0.05) is 0 Å². The predicted molar refractivity (Wildman–Crippen MR) is 106 cm³/mol. The molecule has 140 valence electrons. The Morgan fingerprint density at radius 2 is 1.38 bits per heavy atom. The average Bonchev–Trinajstić information content (AvgIpc) is 2.64. The van der Waals surface area contributed by atoms with E-state index in [-0.39, 0.29) is 42.7 Å². The zero-order chi connectivity index (χ0) is 18.2. The maximum Gasteiger partial charge on any atom is 0.240 e. The molecule has 0 radical (unpaired) electrons. The molecular formula is C20H26ClN3O2. The second kappa shape index (κ2) is 10.6. The standard InChI is InChI=1S/C20H25N3O2.ClH/c1-14(2)18(21)20(25)22-13-17(24)23-19(15-9-5-3-6-10-15)16-11-7-4-8-12-16;/h3-12,14,18-19H,13,21H2,1-2H3,(H,22,25)(H,23,24);1H/t18-;/m0./s1. The van der Waals surface area contributed by atoms with Crippen LogP contribution < -0.4 is 16.4 Å². The van der Waals surface area contributed by atoms with Gasteiger partial charge >= 0.3 is 0 Å². The smallest absolute Gasteiger partial charge is 0.240 e. The quantitative estimate of drug-likeness (QED) is 0.694. The van der Waals surface area contributed by atoms with Gasteiger partial charge in [-0.15, -0.1) is 12.4 Å². The molecule has 0 saturated carbocycles. The van der Waals surface area contributed by atoms with Crippen LogP contribution in [0.3, 0.4) is 0 Å². The third kappa shape index (κ3) is 6.17. The zero-order valence-electron chi connectivity index (χ0n) is 15.0. The van der Waals surface area contributed by atoms with Crippen LogP contribution in [0.25, 0.3) is 0 Å². The molecule has 0 saturated heterocycles.